The molecule has 2 aromatic rings. The molecule has 0 unspecified atom stereocenters. The first-order chi connectivity index (χ1) is 13.5. The van der Waals surface area contributed by atoms with Gasteiger partial charge in [-0.2, -0.15) is 0 Å². The number of rotatable bonds is 4. The molecule has 1 aromatic carbocycles. The number of non-ortho nitro benzene ring substituents is 1. The van der Waals surface area contributed by atoms with Crippen molar-refractivity contribution in [3.05, 3.63) is 67.1 Å². The number of thioether (sulfide) groups is 1. The summed E-state index contributed by atoms with van der Waals surface area (Å²) in [6.07, 6.45) is 1.80. The van der Waals surface area contributed by atoms with Crippen molar-refractivity contribution in [3.8, 4) is 0 Å². The third-order valence-electron chi connectivity index (χ3n) is 4.93. The van der Waals surface area contributed by atoms with E-state index in [1.54, 1.807) is 12.1 Å². The monoisotopic (exact) mass is 398 g/mol. The van der Waals surface area contributed by atoms with Gasteiger partial charge in [-0.25, -0.2) is 4.98 Å². The van der Waals surface area contributed by atoms with E-state index in [1.807, 2.05) is 6.92 Å². The maximum Gasteiger partial charge on any atom is 0.269 e. The minimum atomic E-state index is -0.670. The van der Waals surface area contributed by atoms with Gasteiger partial charge in [0.15, 0.2) is 10.9 Å². The van der Waals surface area contributed by atoms with Gasteiger partial charge in [0.25, 0.3) is 11.2 Å². The number of aromatic nitrogens is 2. The number of aromatic amines is 1. The number of nitro groups is 1. The highest BCUT2D eigenvalue weighted by Gasteiger charge is 2.38. The lowest BCUT2D eigenvalue weighted by molar-refractivity contribution is -0.384. The van der Waals surface area contributed by atoms with Gasteiger partial charge < -0.3 is 10.3 Å². The molecular weight excluding hydrogens is 380 g/mol. The zero-order chi connectivity index (χ0) is 19.8. The molecule has 0 amide bonds. The summed E-state index contributed by atoms with van der Waals surface area (Å²) in [6.45, 7) is 1.96. The number of fused-ring (bicyclic) bond motifs is 1. The fourth-order valence-electron chi connectivity index (χ4n) is 3.80. The molecule has 0 saturated carbocycles. The average molecular weight is 398 g/mol. The highest BCUT2D eigenvalue weighted by Crippen LogP contribution is 2.43. The number of ketones is 1. The molecule has 1 aromatic heterocycles. The van der Waals surface area contributed by atoms with Crippen molar-refractivity contribution in [1.29, 1.82) is 0 Å². The molecule has 2 heterocycles. The number of Topliss-reactive ketones (excluding diaryl/α,β-unsaturated/α-hetero) is 1. The quantitative estimate of drug-likeness (QED) is 0.351. The number of nitro benzene ring substituents is 1. The van der Waals surface area contributed by atoms with Gasteiger partial charge in [-0.15, -0.1) is 0 Å². The van der Waals surface area contributed by atoms with Crippen LogP contribution in [0, 0.1) is 10.1 Å². The van der Waals surface area contributed by atoms with Crippen LogP contribution in [0.15, 0.2) is 45.5 Å². The second kappa shape index (κ2) is 7.23. The summed E-state index contributed by atoms with van der Waals surface area (Å²) < 4.78 is 0. The lowest BCUT2D eigenvalue weighted by Gasteiger charge is -2.32. The SMILES string of the molecule is CCSc1nc2c(c(=O)[nH]1)[C@@H](c1cccc([N+](=O)[O-])c1)C1=C(CCCC1=O)N2. The van der Waals surface area contributed by atoms with Crippen LogP contribution in [0.3, 0.4) is 0 Å². The van der Waals surface area contributed by atoms with E-state index in [0.29, 0.717) is 40.5 Å². The van der Waals surface area contributed by atoms with Crippen molar-refractivity contribution in [1.82, 2.24) is 9.97 Å². The van der Waals surface area contributed by atoms with Crippen LogP contribution in [0.4, 0.5) is 11.5 Å². The Morgan fingerprint density at radius 1 is 1.32 bits per heavy atom. The lowest BCUT2D eigenvalue weighted by Crippen LogP contribution is -2.32. The molecule has 144 valence electrons. The van der Waals surface area contributed by atoms with Crippen LogP contribution in [-0.2, 0) is 4.79 Å². The van der Waals surface area contributed by atoms with E-state index >= 15 is 0 Å². The van der Waals surface area contributed by atoms with Crippen LogP contribution >= 0.6 is 11.8 Å². The largest absolute Gasteiger partial charge is 0.343 e. The van der Waals surface area contributed by atoms with Gasteiger partial charge in [-0.3, -0.25) is 19.7 Å². The molecule has 0 bridgehead atoms. The van der Waals surface area contributed by atoms with E-state index in [9.17, 15) is 19.7 Å². The predicted molar refractivity (Wildman–Crippen MR) is 106 cm³/mol. The van der Waals surface area contributed by atoms with E-state index in [0.717, 1.165) is 17.9 Å². The Morgan fingerprint density at radius 3 is 2.89 bits per heavy atom. The second-order valence-electron chi connectivity index (χ2n) is 6.65. The lowest BCUT2D eigenvalue weighted by atomic mass is 9.76. The Labute approximate surface area is 164 Å². The highest BCUT2D eigenvalue weighted by molar-refractivity contribution is 7.99. The number of nitrogens with one attached hydrogen (secondary N) is 2. The van der Waals surface area contributed by atoms with E-state index in [2.05, 4.69) is 15.3 Å². The first kappa shape index (κ1) is 18.4. The molecular formula is C19H18N4O4S. The fraction of sp³-hybridized carbons (Fsp3) is 0.316. The van der Waals surface area contributed by atoms with Gasteiger partial charge in [0, 0.05) is 35.7 Å². The Bertz CT molecular complexity index is 1080. The first-order valence-corrected chi connectivity index (χ1v) is 10.0. The van der Waals surface area contributed by atoms with Crippen LogP contribution in [0.2, 0.25) is 0 Å². The number of benzene rings is 1. The molecule has 0 spiro atoms. The van der Waals surface area contributed by atoms with Gasteiger partial charge in [0.2, 0.25) is 0 Å². The summed E-state index contributed by atoms with van der Waals surface area (Å²) in [6, 6.07) is 6.12. The van der Waals surface area contributed by atoms with Crippen molar-refractivity contribution in [2.75, 3.05) is 11.1 Å². The van der Waals surface area contributed by atoms with Crippen LogP contribution in [0.25, 0.3) is 0 Å². The Balaban J connectivity index is 1.95. The average Bonchev–Trinajstić information content (AvgIpc) is 2.67. The van der Waals surface area contributed by atoms with Gasteiger partial charge in [0.05, 0.1) is 10.5 Å². The summed E-state index contributed by atoms with van der Waals surface area (Å²) in [7, 11) is 0. The van der Waals surface area contributed by atoms with E-state index in [-0.39, 0.29) is 17.0 Å². The van der Waals surface area contributed by atoms with Crippen molar-refractivity contribution >= 4 is 29.1 Å². The smallest absolute Gasteiger partial charge is 0.269 e. The summed E-state index contributed by atoms with van der Waals surface area (Å²) in [5.74, 6) is 0.463. The van der Waals surface area contributed by atoms with Crippen LogP contribution in [-0.4, -0.2) is 26.4 Å². The molecule has 8 nitrogen and oxygen atoms in total. The third-order valence-corrected chi connectivity index (χ3v) is 5.69. The molecule has 1 aliphatic carbocycles. The first-order valence-electron chi connectivity index (χ1n) is 9.04. The second-order valence-corrected chi connectivity index (χ2v) is 7.90. The Morgan fingerprint density at radius 2 is 2.14 bits per heavy atom. The maximum atomic E-state index is 12.9. The molecule has 28 heavy (non-hydrogen) atoms. The molecule has 1 atom stereocenters. The standard InChI is InChI=1S/C19H18N4O4S/c1-2-28-19-21-17-16(18(25)22-19)14(10-5-3-6-11(9-10)23(26)27)15-12(20-17)7-4-8-13(15)24/h3,5-6,9,14H,2,4,7-8H2,1H3,(H2,20,21,22,25)/t14-/m0/s1. The number of nitrogens with zero attached hydrogens (tertiary/aromatic N) is 2. The number of anilines is 1. The molecule has 4 rings (SSSR count). The van der Waals surface area contributed by atoms with Gasteiger partial charge >= 0.3 is 0 Å². The van der Waals surface area contributed by atoms with Crippen molar-refractivity contribution < 1.29 is 9.72 Å². The van der Waals surface area contributed by atoms with Gasteiger partial charge in [0.1, 0.15) is 5.82 Å². The van der Waals surface area contributed by atoms with Crippen molar-refractivity contribution in [2.45, 2.75) is 37.3 Å². The molecule has 0 radical (unpaired) electrons. The Kier molecular flexibility index (Phi) is 4.76. The number of carbonyl (C=O) groups is 1. The third kappa shape index (κ3) is 3.11. The predicted octanol–water partition coefficient (Wildman–Crippen LogP) is 3.35. The highest BCUT2D eigenvalue weighted by atomic mass is 32.2. The van der Waals surface area contributed by atoms with Crippen LogP contribution < -0.4 is 10.9 Å². The summed E-state index contributed by atoms with van der Waals surface area (Å²) in [4.78, 5) is 43.7. The summed E-state index contributed by atoms with van der Waals surface area (Å²) >= 11 is 1.42. The minimum absolute atomic E-state index is 0.0395. The van der Waals surface area contributed by atoms with Gasteiger partial charge in [-0.05, 0) is 24.2 Å². The summed E-state index contributed by atoms with van der Waals surface area (Å²) in [5.41, 5.74) is 1.73. The minimum Gasteiger partial charge on any atom is -0.343 e. The maximum absolute atomic E-state index is 12.9. The number of hydrogen-bond donors (Lipinski definition) is 2. The zero-order valence-electron chi connectivity index (χ0n) is 15.2. The molecule has 1 aliphatic heterocycles. The summed E-state index contributed by atoms with van der Waals surface area (Å²) in [5, 5.41) is 14.9. The fourth-order valence-corrected chi connectivity index (χ4v) is 4.39. The Hall–Kier alpha value is -2.94. The number of allylic oxidation sites excluding steroid dienone is 2. The van der Waals surface area contributed by atoms with Crippen molar-refractivity contribution in [2.24, 2.45) is 0 Å². The molecule has 0 saturated heterocycles. The molecule has 2 N–H and O–H groups in total. The molecule has 9 heteroatoms. The topological polar surface area (TPSA) is 118 Å². The number of carbonyl (C=O) groups excluding carboxylic acids is 1. The van der Waals surface area contributed by atoms with E-state index < -0.39 is 10.8 Å². The number of hydrogen-bond acceptors (Lipinski definition) is 7. The molecule has 2 aliphatic rings. The van der Waals surface area contributed by atoms with E-state index in [1.165, 1.54) is 23.9 Å². The van der Waals surface area contributed by atoms with Gasteiger partial charge in [-0.1, -0.05) is 30.8 Å². The normalized spacial score (nSPS) is 18.3. The van der Waals surface area contributed by atoms with E-state index in [4.69, 9.17) is 0 Å². The molecule has 0 fully saturated rings. The number of H-pyrrole nitrogens is 1. The zero-order valence-corrected chi connectivity index (χ0v) is 16.0. The van der Waals surface area contributed by atoms with Crippen molar-refractivity contribution in [3.63, 3.8) is 0 Å². The van der Waals surface area contributed by atoms with Crippen LogP contribution in [0.1, 0.15) is 43.2 Å². The van der Waals surface area contributed by atoms with Crippen LogP contribution in [0.5, 0.6) is 0 Å².